The van der Waals surface area contributed by atoms with Crippen molar-refractivity contribution in [3.8, 4) is 0 Å². The summed E-state index contributed by atoms with van der Waals surface area (Å²) in [5.41, 5.74) is 0. The second kappa shape index (κ2) is 4.77. The zero-order chi connectivity index (χ0) is 3.41. The SMILES string of the molecule is C[Se][Mg][Br]. The molecule has 22 valence electrons. The van der Waals surface area contributed by atoms with Gasteiger partial charge in [-0.15, -0.1) is 0 Å². The van der Waals surface area contributed by atoms with Gasteiger partial charge < -0.3 is 0 Å². The summed E-state index contributed by atoms with van der Waals surface area (Å²) >= 11 is 4.69. The van der Waals surface area contributed by atoms with Crippen LogP contribution in [-0.4, -0.2) is 27.9 Å². The second-order valence-corrected chi connectivity index (χ2v) is 13.3. The van der Waals surface area contributed by atoms with Crippen LogP contribution < -0.4 is 0 Å². The molecule has 0 aromatic carbocycles. The van der Waals surface area contributed by atoms with Crippen molar-refractivity contribution in [1.82, 2.24) is 0 Å². The molecule has 0 radical (unpaired) electrons. The van der Waals surface area contributed by atoms with Gasteiger partial charge in [0.1, 0.15) is 0 Å². The Morgan fingerprint density at radius 3 is 2.25 bits per heavy atom. The van der Waals surface area contributed by atoms with Crippen molar-refractivity contribution in [2.24, 2.45) is 0 Å². The van der Waals surface area contributed by atoms with Gasteiger partial charge in [0, 0.05) is 0 Å². The Morgan fingerprint density at radius 2 is 2.25 bits per heavy atom. The molecular formula is CH3BrMgSe. The molecule has 0 aromatic heterocycles. The first-order chi connectivity index (χ1) is 1.91. The fourth-order valence-electron chi connectivity index (χ4n) is 0. The van der Waals surface area contributed by atoms with E-state index in [2.05, 4.69) is 18.7 Å². The van der Waals surface area contributed by atoms with Crippen LogP contribution >= 0.6 is 12.9 Å². The number of hydrogen-bond acceptors (Lipinski definition) is 0. The van der Waals surface area contributed by atoms with E-state index < -0.39 is 0 Å². The zero-order valence-electron chi connectivity index (χ0n) is 2.49. The van der Waals surface area contributed by atoms with E-state index in [9.17, 15) is 0 Å². The van der Waals surface area contributed by atoms with Gasteiger partial charge >= 0.3 is 46.6 Å². The van der Waals surface area contributed by atoms with Crippen LogP contribution in [0, 0.1) is 0 Å². The standard InChI is InChI=1S/CH4Se.BrH.Mg/c1-2;;/h2H,1H3;1H;/q;;+2/p-2. The summed E-state index contributed by atoms with van der Waals surface area (Å²) in [6.07, 6.45) is 0. The summed E-state index contributed by atoms with van der Waals surface area (Å²) in [7, 11) is 0. The first-order valence-corrected chi connectivity index (χ1v) is 10.8. The molecule has 4 heavy (non-hydrogen) atoms. The molecule has 0 N–H and O–H groups in total. The fraction of sp³-hybridized carbons (Fsp3) is 1.00. The molecule has 0 atom stereocenters. The third kappa shape index (κ3) is 3.77. The quantitative estimate of drug-likeness (QED) is 0.543. The van der Waals surface area contributed by atoms with Crippen molar-refractivity contribution in [2.45, 2.75) is 5.82 Å². The van der Waals surface area contributed by atoms with Gasteiger partial charge in [0.15, 0.2) is 0 Å². The van der Waals surface area contributed by atoms with E-state index in [-0.39, 0.29) is 0 Å². The molecule has 0 heterocycles. The Morgan fingerprint density at radius 1 is 2.00 bits per heavy atom. The van der Waals surface area contributed by atoms with Gasteiger partial charge in [0.05, 0.1) is 0 Å². The normalized spacial score (nSPS) is 5.50. The Bertz CT molecular complexity index is 10.0. The van der Waals surface area contributed by atoms with E-state index in [0.717, 1.165) is 11.9 Å². The van der Waals surface area contributed by atoms with Crippen molar-refractivity contribution < 1.29 is 0 Å². The summed E-state index contributed by atoms with van der Waals surface area (Å²) in [6.45, 7) is 0. The minimum atomic E-state index is 0.299. The van der Waals surface area contributed by atoms with Gasteiger partial charge in [-0.25, -0.2) is 0 Å². The van der Waals surface area contributed by atoms with E-state index in [1.54, 1.807) is 0 Å². The Balaban J connectivity index is 1.97. The predicted molar refractivity (Wildman–Crippen MR) is 26.3 cm³/mol. The van der Waals surface area contributed by atoms with Gasteiger partial charge in [-0.3, -0.25) is 0 Å². The van der Waals surface area contributed by atoms with E-state index in [1.807, 2.05) is 0 Å². The molecule has 0 aliphatic carbocycles. The molecule has 0 amide bonds. The Labute approximate surface area is 46.2 Å². The summed E-state index contributed by atoms with van der Waals surface area (Å²) in [6, 6.07) is 0. The van der Waals surface area contributed by atoms with Crippen molar-refractivity contribution in [3.05, 3.63) is 0 Å². The minimum absolute atomic E-state index is 0.299. The average molecular weight is 198 g/mol. The molecule has 0 fully saturated rings. The molecule has 0 bridgehead atoms. The van der Waals surface area contributed by atoms with Crippen molar-refractivity contribution in [1.29, 1.82) is 0 Å². The molecular weight excluding hydrogens is 195 g/mol. The van der Waals surface area contributed by atoms with Crippen LogP contribution in [0.1, 0.15) is 0 Å². The summed E-state index contributed by atoms with van der Waals surface area (Å²) in [5.74, 6) is 2.26. The summed E-state index contributed by atoms with van der Waals surface area (Å²) in [5, 5.41) is 0. The monoisotopic (exact) mass is 198 g/mol. The van der Waals surface area contributed by atoms with E-state index >= 15 is 0 Å². The summed E-state index contributed by atoms with van der Waals surface area (Å²) < 4.78 is 0. The molecule has 0 unspecified atom stereocenters. The predicted octanol–water partition coefficient (Wildman–Crippen LogP) is 0.668. The van der Waals surface area contributed by atoms with Crippen molar-refractivity contribution in [3.63, 3.8) is 0 Å². The molecule has 0 nitrogen and oxygen atoms in total. The van der Waals surface area contributed by atoms with E-state index in [4.69, 9.17) is 0 Å². The molecule has 0 saturated heterocycles. The van der Waals surface area contributed by atoms with Gasteiger partial charge in [-0.1, -0.05) is 0 Å². The van der Waals surface area contributed by atoms with E-state index in [0.29, 0.717) is 16.0 Å². The maximum atomic E-state index is 3.41. The van der Waals surface area contributed by atoms with Crippen LogP contribution in [0.2, 0.25) is 5.82 Å². The molecule has 0 rings (SSSR count). The molecule has 0 aromatic rings. The van der Waals surface area contributed by atoms with Gasteiger partial charge in [-0.2, -0.15) is 0 Å². The number of hydrogen-bond donors (Lipinski definition) is 0. The topological polar surface area (TPSA) is 0 Å². The molecule has 0 spiro atoms. The van der Waals surface area contributed by atoms with Crippen LogP contribution in [0.25, 0.3) is 0 Å². The van der Waals surface area contributed by atoms with Gasteiger partial charge in [0.25, 0.3) is 0 Å². The maximum absolute atomic E-state index is 3.41. The molecule has 3 heteroatoms. The van der Waals surface area contributed by atoms with Crippen LogP contribution in [0.3, 0.4) is 0 Å². The Kier molecular flexibility index (Phi) is 6.87. The number of halogens is 1. The van der Waals surface area contributed by atoms with Crippen LogP contribution in [0.4, 0.5) is 0 Å². The van der Waals surface area contributed by atoms with Crippen molar-refractivity contribution in [2.75, 3.05) is 0 Å². The fourth-order valence-corrected chi connectivity index (χ4v) is 0. The third-order valence-corrected chi connectivity index (χ3v) is 8.84. The molecule has 0 aliphatic rings. The van der Waals surface area contributed by atoms with Crippen LogP contribution in [0.5, 0.6) is 0 Å². The first kappa shape index (κ1) is 5.77. The molecule has 0 aliphatic heterocycles. The summed E-state index contributed by atoms with van der Waals surface area (Å²) in [4.78, 5) is 0. The Hall–Kier alpha value is 1.77. The third-order valence-electron chi connectivity index (χ3n) is 0.109. The van der Waals surface area contributed by atoms with Crippen LogP contribution in [0.15, 0.2) is 0 Å². The van der Waals surface area contributed by atoms with E-state index in [1.165, 1.54) is 0 Å². The van der Waals surface area contributed by atoms with Gasteiger partial charge in [-0.05, 0) is 0 Å². The molecule has 0 saturated carbocycles. The van der Waals surface area contributed by atoms with Crippen LogP contribution in [-0.2, 0) is 0 Å². The number of rotatable bonds is 1. The van der Waals surface area contributed by atoms with Gasteiger partial charge in [0.2, 0.25) is 0 Å². The average Bonchev–Trinajstić information content (AvgIpc) is 1.37. The second-order valence-electron chi connectivity index (χ2n) is 0.398. The first-order valence-electron chi connectivity index (χ1n) is 0.964. The zero-order valence-corrected chi connectivity index (χ0v) is 7.21. The van der Waals surface area contributed by atoms with Crippen molar-refractivity contribution >= 4 is 40.8 Å².